The molecule has 27 heavy (non-hydrogen) atoms. The molecule has 0 amide bonds. The second-order valence-corrected chi connectivity index (χ2v) is 7.00. The molecule has 2 atom stereocenters. The first-order chi connectivity index (χ1) is 13.1. The summed E-state index contributed by atoms with van der Waals surface area (Å²) in [5, 5.41) is 15.6. The van der Waals surface area contributed by atoms with Crippen molar-refractivity contribution >= 4 is 17.7 Å². The van der Waals surface area contributed by atoms with E-state index in [9.17, 15) is 8.78 Å². The van der Waals surface area contributed by atoms with Crippen LogP contribution < -0.4 is 4.90 Å². The predicted octanol–water partition coefficient (Wildman–Crippen LogP) is 2.25. The lowest BCUT2D eigenvalue weighted by atomic mass is 10.2. The van der Waals surface area contributed by atoms with Crippen LogP contribution in [0, 0.1) is 5.41 Å². The summed E-state index contributed by atoms with van der Waals surface area (Å²) in [5.74, 6) is 0.832. The van der Waals surface area contributed by atoms with E-state index in [1.54, 1.807) is 10.7 Å². The topological polar surface area (TPSA) is 78.3 Å². The molecule has 5 heterocycles. The van der Waals surface area contributed by atoms with Crippen molar-refractivity contribution in [2.45, 2.75) is 31.5 Å². The summed E-state index contributed by atoms with van der Waals surface area (Å²) < 4.78 is 27.9. The van der Waals surface area contributed by atoms with E-state index in [1.165, 1.54) is 25.1 Å². The molecule has 3 aromatic rings. The van der Waals surface area contributed by atoms with Crippen LogP contribution in [0.5, 0.6) is 0 Å². The average Bonchev–Trinajstić information content (AvgIpc) is 3.36. The van der Waals surface area contributed by atoms with Gasteiger partial charge in [0.05, 0.1) is 12.5 Å². The number of hydrogen-bond acceptors (Lipinski definition) is 5. The molecular formula is C17H18F2N8. The van der Waals surface area contributed by atoms with Crippen LogP contribution in [0.2, 0.25) is 0 Å². The van der Waals surface area contributed by atoms with Crippen molar-refractivity contribution in [3.8, 4) is 11.1 Å². The third-order valence-corrected chi connectivity index (χ3v) is 5.51. The van der Waals surface area contributed by atoms with Crippen molar-refractivity contribution in [2.24, 2.45) is 0 Å². The van der Waals surface area contributed by atoms with Crippen LogP contribution in [0.1, 0.15) is 19.4 Å². The summed E-state index contributed by atoms with van der Waals surface area (Å²) in [5.41, 5.74) is 2.21. The number of nitrogens with one attached hydrogen (secondary N) is 1. The number of aromatic nitrogens is 5. The predicted molar refractivity (Wildman–Crippen MR) is 95.1 cm³/mol. The Morgan fingerprint density at radius 2 is 1.89 bits per heavy atom. The van der Waals surface area contributed by atoms with Crippen molar-refractivity contribution in [2.75, 3.05) is 18.0 Å². The molecule has 2 aliphatic rings. The molecule has 0 spiro atoms. The molecular weight excluding hydrogens is 354 g/mol. The maximum Gasteiger partial charge on any atom is 0.333 e. The highest BCUT2D eigenvalue weighted by molar-refractivity contribution is 5.77. The van der Waals surface area contributed by atoms with Gasteiger partial charge in [0.1, 0.15) is 11.8 Å². The van der Waals surface area contributed by atoms with E-state index >= 15 is 0 Å². The fraction of sp³-hybridized carbons (Fsp3) is 0.412. The lowest BCUT2D eigenvalue weighted by molar-refractivity contribution is 0.0566. The lowest BCUT2D eigenvalue weighted by Gasteiger charge is -2.40. The SMILES string of the molecule is N=CN1C2CCC1CN(c1ncnn3cc(-c4cnn(C(F)F)c4)cc13)C2. The third-order valence-electron chi connectivity index (χ3n) is 5.51. The Labute approximate surface area is 153 Å². The number of hydrogen-bond donors (Lipinski definition) is 1. The Bertz CT molecular complexity index is 982. The van der Waals surface area contributed by atoms with Gasteiger partial charge in [-0.2, -0.15) is 19.0 Å². The van der Waals surface area contributed by atoms with E-state index in [-0.39, 0.29) is 0 Å². The van der Waals surface area contributed by atoms with Crippen LogP contribution in [0.15, 0.2) is 31.0 Å². The average molecular weight is 372 g/mol. The molecule has 2 aliphatic heterocycles. The van der Waals surface area contributed by atoms with Crippen molar-refractivity contribution in [3.05, 3.63) is 31.0 Å². The smallest absolute Gasteiger partial charge is 0.333 e. The monoisotopic (exact) mass is 372 g/mol. The largest absolute Gasteiger partial charge is 0.354 e. The molecule has 0 aromatic carbocycles. The quantitative estimate of drug-likeness (QED) is 0.561. The van der Waals surface area contributed by atoms with Gasteiger partial charge >= 0.3 is 6.55 Å². The minimum atomic E-state index is -2.66. The van der Waals surface area contributed by atoms with Gasteiger partial charge < -0.3 is 9.80 Å². The molecule has 2 unspecified atom stereocenters. The van der Waals surface area contributed by atoms with Crippen LogP contribution in [0.25, 0.3) is 16.6 Å². The number of halogens is 2. The van der Waals surface area contributed by atoms with Crippen LogP contribution in [0.3, 0.4) is 0 Å². The van der Waals surface area contributed by atoms with Crippen molar-refractivity contribution < 1.29 is 8.78 Å². The van der Waals surface area contributed by atoms with Crippen LogP contribution in [0.4, 0.5) is 14.6 Å². The fourth-order valence-corrected chi connectivity index (χ4v) is 4.23. The van der Waals surface area contributed by atoms with E-state index in [4.69, 9.17) is 5.41 Å². The fourth-order valence-electron chi connectivity index (χ4n) is 4.23. The number of alkyl halides is 2. The van der Waals surface area contributed by atoms with E-state index in [2.05, 4.69) is 25.0 Å². The molecule has 1 N–H and O–H groups in total. The Hall–Kier alpha value is -3.04. The summed E-state index contributed by atoms with van der Waals surface area (Å²) in [7, 11) is 0. The van der Waals surface area contributed by atoms with Gasteiger partial charge in [-0.05, 0) is 18.9 Å². The van der Waals surface area contributed by atoms with Gasteiger partial charge in [-0.3, -0.25) is 5.41 Å². The second-order valence-electron chi connectivity index (χ2n) is 7.00. The normalized spacial score (nSPS) is 22.2. The highest BCUT2D eigenvalue weighted by atomic mass is 19.3. The van der Waals surface area contributed by atoms with Crippen LogP contribution in [-0.2, 0) is 0 Å². The molecule has 0 aliphatic carbocycles. The van der Waals surface area contributed by atoms with Gasteiger partial charge in [0, 0.05) is 48.7 Å². The van der Waals surface area contributed by atoms with Crippen molar-refractivity contribution in [1.82, 2.24) is 29.3 Å². The van der Waals surface area contributed by atoms with E-state index in [0.717, 1.165) is 42.8 Å². The minimum absolute atomic E-state index is 0.329. The zero-order chi connectivity index (χ0) is 18.5. The Morgan fingerprint density at radius 3 is 2.56 bits per heavy atom. The van der Waals surface area contributed by atoms with Gasteiger partial charge in [-0.25, -0.2) is 14.2 Å². The number of nitrogens with zero attached hydrogens (tertiary/aromatic N) is 7. The molecule has 2 bridgehead atoms. The van der Waals surface area contributed by atoms with Gasteiger partial charge in [0.15, 0.2) is 5.82 Å². The maximum atomic E-state index is 12.8. The molecule has 2 fully saturated rings. The minimum Gasteiger partial charge on any atom is -0.354 e. The zero-order valence-corrected chi connectivity index (χ0v) is 14.4. The number of rotatable bonds is 4. The molecule has 140 valence electrons. The first-order valence-corrected chi connectivity index (χ1v) is 8.83. The Balaban J connectivity index is 1.51. The molecule has 10 heteroatoms. The standard InChI is InChI=1S/C17H18F2N8/c18-17(19)27-6-12(4-22-27)11-3-15-16(21-10-23-26(15)5-11)24-7-13-1-2-14(8-24)25(13)9-20/h3-6,9-10,13-14,17,20H,1-2,7-8H2. The number of fused-ring (bicyclic) bond motifs is 3. The molecule has 3 aromatic heterocycles. The number of piperazine rings is 1. The molecule has 0 saturated carbocycles. The van der Waals surface area contributed by atoms with Crippen LogP contribution >= 0.6 is 0 Å². The van der Waals surface area contributed by atoms with Gasteiger partial charge in [0.25, 0.3) is 0 Å². The number of anilines is 1. The zero-order valence-electron chi connectivity index (χ0n) is 14.4. The summed E-state index contributed by atoms with van der Waals surface area (Å²) in [4.78, 5) is 8.87. The van der Waals surface area contributed by atoms with E-state index < -0.39 is 6.55 Å². The highest BCUT2D eigenvalue weighted by Gasteiger charge is 2.39. The second kappa shape index (κ2) is 6.00. The molecule has 5 rings (SSSR count). The molecule has 8 nitrogen and oxygen atoms in total. The lowest BCUT2D eigenvalue weighted by Crippen LogP contribution is -2.53. The van der Waals surface area contributed by atoms with Gasteiger partial charge in [-0.1, -0.05) is 0 Å². The Kier molecular flexibility index (Phi) is 3.59. The molecule has 2 saturated heterocycles. The summed E-state index contributed by atoms with van der Waals surface area (Å²) >= 11 is 0. The molecule has 0 radical (unpaired) electrons. The summed E-state index contributed by atoms with van der Waals surface area (Å²) in [6, 6.07) is 2.57. The first-order valence-electron chi connectivity index (χ1n) is 8.83. The van der Waals surface area contributed by atoms with E-state index in [0.29, 0.717) is 22.3 Å². The van der Waals surface area contributed by atoms with Crippen LogP contribution in [-0.4, -0.2) is 60.8 Å². The summed E-state index contributed by atoms with van der Waals surface area (Å²) in [6.45, 7) is -1.04. The van der Waals surface area contributed by atoms with Crippen molar-refractivity contribution in [1.29, 1.82) is 5.41 Å². The Morgan fingerprint density at radius 1 is 1.11 bits per heavy atom. The maximum absolute atomic E-state index is 12.8. The van der Waals surface area contributed by atoms with Gasteiger partial charge in [-0.15, -0.1) is 0 Å². The summed E-state index contributed by atoms with van der Waals surface area (Å²) in [6.07, 6.45) is 9.68. The van der Waals surface area contributed by atoms with Gasteiger partial charge in [0.2, 0.25) is 0 Å². The highest BCUT2D eigenvalue weighted by Crippen LogP contribution is 2.33. The van der Waals surface area contributed by atoms with Crippen molar-refractivity contribution in [3.63, 3.8) is 0 Å². The first kappa shape index (κ1) is 16.2. The third kappa shape index (κ3) is 2.54. The van der Waals surface area contributed by atoms with E-state index in [1.807, 2.05) is 6.07 Å².